The van der Waals surface area contributed by atoms with E-state index in [1.807, 2.05) is 24.3 Å². The van der Waals surface area contributed by atoms with Crippen LogP contribution in [-0.2, 0) is 0 Å². The molecule has 0 saturated heterocycles. The largest absolute Gasteiger partial charge is 0.477 e. The molecule has 0 amide bonds. The van der Waals surface area contributed by atoms with Crippen LogP contribution in [0.15, 0.2) is 41.6 Å². The number of carbonyl (C=O) groups is 1. The maximum Gasteiger partial charge on any atom is 0.342 e. The van der Waals surface area contributed by atoms with E-state index in [2.05, 4.69) is 9.97 Å². The van der Waals surface area contributed by atoms with Crippen LogP contribution in [0.4, 0.5) is 0 Å². The van der Waals surface area contributed by atoms with Crippen molar-refractivity contribution in [3.05, 3.63) is 52.6 Å². The first-order chi connectivity index (χ1) is 10.2. The molecule has 6 nitrogen and oxygen atoms in total. The van der Waals surface area contributed by atoms with Crippen molar-refractivity contribution in [2.45, 2.75) is 0 Å². The van der Waals surface area contributed by atoms with Gasteiger partial charge in [-0.1, -0.05) is 12.1 Å². The lowest BCUT2D eigenvalue weighted by Gasteiger charge is -2.04. The Balaban J connectivity index is 2.45. The Morgan fingerprint density at radius 1 is 1.29 bits per heavy atom. The molecule has 0 saturated carbocycles. The maximum atomic E-state index is 12.4. The van der Waals surface area contributed by atoms with Gasteiger partial charge in [0.15, 0.2) is 5.65 Å². The number of pyridine rings is 1. The number of aromatic carboxylic acids is 1. The number of carboxylic acid groups (broad SMARTS) is 1. The van der Waals surface area contributed by atoms with Gasteiger partial charge in [0.25, 0.3) is 0 Å². The summed E-state index contributed by atoms with van der Waals surface area (Å²) in [5.74, 6) is -1.24. The van der Waals surface area contributed by atoms with E-state index in [9.17, 15) is 14.7 Å². The number of carboxylic acids is 1. The molecular weight excluding hydrogens is 290 g/mol. The molecule has 0 bridgehead atoms. The monoisotopic (exact) mass is 297 g/mol. The second-order valence-corrected chi connectivity index (χ2v) is 5.51. The Morgan fingerprint density at radius 2 is 2.10 bits per heavy atom. The van der Waals surface area contributed by atoms with E-state index in [1.165, 1.54) is 23.9 Å². The van der Waals surface area contributed by atoms with Crippen LogP contribution in [0, 0.1) is 0 Å². The summed E-state index contributed by atoms with van der Waals surface area (Å²) in [5, 5.41) is 9.61. The fraction of sp³-hybridized carbons (Fsp3) is 0. The first-order valence-electron chi connectivity index (χ1n) is 6.08. The third-order valence-electron chi connectivity index (χ3n) is 3.32. The lowest BCUT2D eigenvalue weighted by molar-refractivity contribution is 0.0698. The van der Waals surface area contributed by atoms with Gasteiger partial charge in [0.05, 0.1) is 15.6 Å². The van der Waals surface area contributed by atoms with E-state index < -0.39 is 11.4 Å². The van der Waals surface area contributed by atoms with Crippen molar-refractivity contribution >= 4 is 43.4 Å². The number of benzene rings is 1. The minimum Gasteiger partial charge on any atom is -0.477 e. The molecule has 3 aromatic heterocycles. The van der Waals surface area contributed by atoms with Crippen LogP contribution in [0.5, 0.6) is 0 Å². The molecule has 21 heavy (non-hydrogen) atoms. The number of aromatic nitrogens is 3. The van der Waals surface area contributed by atoms with Crippen molar-refractivity contribution < 1.29 is 9.90 Å². The first kappa shape index (κ1) is 12.0. The number of rotatable bonds is 1. The Bertz CT molecular complexity index is 1100. The van der Waals surface area contributed by atoms with Crippen molar-refractivity contribution in [2.75, 3.05) is 0 Å². The highest BCUT2D eigenvalue weighted by molar-refractivity contribution is 7.24. The average molecular weight is 297 g/mol. The normalized spacial score (nSPS) is 11.4. The summed E-state index contributed by atoms with van der Waals surface area (Å²) in [4.78, 5) is 32.3. The Labute approximate surface area is 120 Å². The SMILES string of the molecule is O=C(O)c1c(=O)c2cncnc2n2c1sc1ccccc12. The van der Waals surface area contributed by atoms with E-state index in [4.69, 9.17) is 0 Å². The maximum absolute atomic E-state index is 12.4. The Morgan fingerprint density at radius 3 is 2.90 bits per heavy atom. The third kappa shape index (κ3) is 1.52. The second-order valence-electron chi connectivity index (χ2n) is 4.48. The van der Waals surface area contributed by atoms with Crippen molar-refractivity contribution in [3.63, 3.8) is 0 Å². The number of hydrogen-bond acceptors (Lipinski definition) is 5. The van der Waals surface area contributed by atoms with Crippen LogP contribution in [-0.4, -0.2) is 25.4 Å². The predicted molar refractivity (Wildman–Crippen MR) is 79.1 cm³/mol. The van der Waals surface area contributed by atoms with Crippen LogP contribution < -0.4 is 5.43 Å². The van der Waals surface area contributed by atoms with Crippen LogP contribution in [0.1, 0.15) is 10.4 Å². The smallest absolute Gasteiger partial charge is 0.342 e. The molecule has 7 heteroatoms. The molecule has 0 fully saturated rings. The third-order valence-corrected chi connectivity index (χ3v) is 4.46. The minimum absolute atomic E-state index is 0.205. The summed E-state index contributed by atoms with van der Waals surface area (Å²) in [6, 6.07) is 7.49. The number of nitrogens with zero attached hydrogens (tertiary/aromatic N) is 3. The highest BCUT2D eigenvalue weighted by atomic mass is 32.1. The van der Waals surface area contributed by atoms with Crippen LogP contribution >= 0.6 is 11.3 Å². The van der Waals surface area contributed by atoms with E-state index >= 15 is 0 Å². The van der Waals surface area contributed by atoms with Gasteiger partial charge in [-0.2, -0.15) is 0 Å². The molecule has 0 aliphatic rings. The fourth-order valence-corrected chi connectivity index (χ4v) is 3.62. The lowest BCUT2D eigenvalue weighted by atomic mass is 10.2. The van der Waals surface area contributed by atoms with Gasteiger partial charge < -0.3 is 5.11 Å². The summed E-state index contributed by atoms with van der Waals surface area (Å²) in [6.45, 7) is 0. The van der Waals surface area contributed by atoms with Gasteiger partial charge in [0.2, 0.25) is 5.43 Å². The van der Waals surface area contributed by atoms with E-state index in [0.717, 1.165) is 10.2 Å². The van der Waals surface area contributed by atoms with E-state index in [0.29, 0.717) is 10.5 Å². The topological polar surface area (TPSA) is 84.6 Å². The molecule has 3 heterocycles. The molecule has 4 rings (SSSR count). The zero-order valence-electron chi connectivity index (χ0n) is 10.5. The summed E-state index contributed by atoms with van der Waals surface area (Å²) in [5.41, 5.74) is 0.458. The molecular formula is C14H7N3O3S. The molecule has 0 radical (unpaired) electrons. The summed E-state index contributed by atoms with van der Waals surface area (Å²) < 4.78 is 2.60. The fourth-order valence-electron chi connectivity index (χ4n) is 2.44. The molecule has 4 aromatic rings. The Kier molecular flexibility index (Phi) is 2.34. The highest BCUT2D eigenvalue weighted by Crippen LogP contribution is 2.30. The van der Waals surface area contributed by atoms with Crippen molar-refractivity contribution in [2.24, 2.45) is 0 Å². The number of hydrogen-bond donors (Lipinski definition) is 1. The van der Waals surface area contributed by atoms with Gasteiger partial charge in [-0.3, -0.25) is 9.20 Å². The predicted octanol–water partition coefficient (Wildman–Crippen LogP) is 2.16. The lowest BCUT2D eigenvalue weighted by Crippen LogP contribution is -2.17. The molecule has 0 aliphatic heterocycles. The average Bonchev–Trinajstić information content (AvgIpc) is 2.86. The summed E-state index contributed by atoms with van der Waals surface area (Å²) >= 11 is 1.27. The van der Waals surface area contributed by atoms with E-state index in [-0.39, 0.29) is 10.9 Å². The van der Waals surface area contributed by atoms with Crippen LogP contribution in [0.25, 0.3) is 26.1 Å². The standard InChI is InChI=1S/C14H7N3O3S/c18-11-7-5-15-6-16-12(7)17-8-3-1-2-4-9(8)21-13(17)10(11)14(19)20/h1-6H,(H,19,20). The Hall–Kier alpha value is -2.80. The molecule has 0 aliphatic carbocycles. The van der Waals surface area contributed by atoms with Gasteiger partial charge >= 0.3 is 5.97 Å². The number of thiazole rings is 1. The molecule has 0 spiro atoms. The molecule has 0 unspecified atom stereocenters. The van der Waals surface area contributed by atoms with Crippen molar-refractivity contribution in [3.8, 4) is 0 Å². The second kappa shape index (κ2) is 4.10. The highest BCUT2D eigenvalue weighted by Gasteiger charge is 2.21. The summed E-state index contributed by atoms with van der Waals surface area (Å²) in [6.07, 6.45) is 2.71. The minimum atomic E-state index is -1.24. The van der Waals surface area contributed by atoms with Crippen molar-refractivity contribution in [1.82, 2.24) is 14.4 Å². The quantitative estimate of drug-likeness (QED) is 0.582. The van der Waals surface area contributed by atoms with Gasteiger partial charge in [-0.25, -0.2) is 14.8 Å². The van der Waals surface area contributed by atoms with Gasteiger partial charge in [-0.15, -0.1) is 11.3 Å². The molecule has 1 aromatic carbocycles. The van der Waals surface area contributed by atoms with Crippen LogP contribution in [0.3, 0.4) is 0 Å². The van der Waals surface area contributed by atoms with Gasteiger partial charge in [-0.05, 0) is 12.1 Å². The van der Waals surface area contributed by atoms with Gasteiger partial charge in [0.1, 0.15) is 16.7 Å². The van der Waals surface area contributed by atoms with E-state index in [1.54, 1.807) is 4.40 Å². The first-order valence-corrected chi connectivity index (χ1v) is 6.89. The molecule has 1 N–H and O–H groups in total. The number of fused-ring (bicyclic) bond motifs is 5. The van der Waals surface area contributed by atoms with Crippen molar-refractivity contribution in [1.29, 1.82) is 0 Å². The van der Waals surface area contributed by atoms with Gasteiger partial charge in [0, 0.05) is 6.20 Å². The zero-order valence-corrected chi connectivity index (χ0v) is 11.3. The molecule has 0 atom stereocenters. The summed E-state index contributed by atoms with van der Waals surface area (Å²) in [7, 11) is 0. The molecule has 102 valence electrons. The number of para-hydroxylation sites is 1. The van der Waals surface area contributed by atoms with Crippen LogP contribution in [0.2, 0.25) is 0 Å². The zero-order chi connectivity index (χ0) is 14.6.